The van der Waals surface area contributed by atoms with Crippen molar-refractivity contribution in [3.63, 3.8) is 0 Å². The predicted molar refractivity (Wildman–Crippen MR) is 84.0 cm³/mol. The quantitative estimate of drug-likeness (QED) is 0.926. The predicted octanol–water partition coefficient (Wildman–Crippen LogP) is 3.13. The van der Waals surface area contributed by atoms with Crippen molar-refractivity contribution in [3.8, 4) is 0 Å². The lowest BCUT2D eigenvalue weighted by Gasteiger charge is -2.26. The number of hydrogen-bond donors (Lipinski definition) is 1. The van der Waals surface area contributed by atoms with Crippen LogP contribution in [0.1, 0.15) is 24.1 Å². The molecule has 3 heteroatoms. The molecule has 1 atom stereocenters. The Morgan fingerprint density at radius 2 is 1.80 bits per heavy atom. The van der Waals surface area contributed by atoms with Gasteiger partial charge in [0.15, 0.2) is 5.96 Å². The zero-order chi connectivity index (χ0) is 13.9. The number of guanidine groups is 1. The molecule has 0 saturated carbocycles. The Morgan fingerprint density at radius 3 is 2.45 bits per heavy atom. The first-order valence-electron chi connectivity index (χ1n) is 7.02. The summed E-state index contributed by atoms with van der Waals surface area (Å²) in [4.78, 5) is 6.53. The molecule has 3 nitrogen and oxygen atoms in total. The molecule has 3 rings (SSSR count). The summed E-state index contributed by atoms with van der Waals surface area (Å²) in [6.45, 7) is 2.88. The molecule has 2 aromatic carbocycles. The van der Waals surface area contributed by atoms with E-state index in [4.69, 9.17) is 5.73 Å². The van der Waals surface area contributed by atoms with Crippen molar-refractivity contribution in [2.45, 2.75) is 19.4 Å². The fourth-order valence-corrected chi connectivity index (χ4v) is 2.63. The van der Waals surface area contributed by atoms with Gasteiger partial charge in [0, 0.05) is 5.69 Å². The molecule has 20 heavy (non-hydrogen) atoms. The Balaban J connectivity index is 1.92. The third-order valence-corrected chi connectivity index (χ3v) is 3.79. The zero-order valence-electron chi connectivity index (χ0n) is 11.7. The van der Waals surface area contributed by atoms with Crippen LogP contribution in [0.25, 0.3) is 0 Å². The van der Waals surface area contributed by atoms with Crippen LogP contribution >= 0.6 is 0 Å². The summed E-state index contributed by atoms with van der Waals surface area (Å²) >= 11 is 0. The van der Waals surface area contributed by atoms with Gasteiger partial charge in [-0.3, -0.25) is 4.99 Å². The van der Waals surface area contributed by atoms with E-state index in [0.717, 1.165) is 12.1 Å². The highest BCUT2D eigenvalue weighted by Gasteiger charge is 2.28. The minimum atomic E-state index is 0.198. The van der Waals surface area contributed by atoms with Crippen LogP contribution in [0.4, 0.5) is 5.69 Å². The third kappa shape index (κ3) is 2.27. The van der Waals surface area contributed by atoms with Gasteiger partial charge in [0.1, 0.15) is 0 Å². The SMILES string of the molecule is CCc1ccc(C2CN=C(N)N2c2ccccc2)cc1. The number of hydrogen-bond acceptors (Lipinski definition) is 3. The van der Waals surface area contributed by atoms with Gasteiger partial charge in [-0.25, -0.2) is 0 Å². The molecular weight excluding hydrogens is 246 g/mol. The van der Waals surface area contributed by atoms with E-state index in [1.54, 1.807) is 0 Å². The second kappa shape index (κ2) is 5.37. The second-order valence-electron chi connectivity index (χ2n) is 5.02. The van der Waals surface area contributed by atoms with Gasteiger partial charge in [-0.1, -0.05) is 49.4 Å². The normalized spacial score (nSPS) is 18.1. The first kappa shape index (κ1) is 12.7. The minimum Gasteiger partial charge on any atom is -0.369 e. The largest absolute Gasteiger partial charge is 0.369 e. The smallest absolute Gasteiger partial charge is 0.196 e. The van der Waals surface area contributed by atoms with Crippen molar-refractivity contribution in [2.75, 3.05) is 11.4 Å². The number of para-hydroxylation sites is 1. The molecule has 102 valence electrons. The Bertz CT molecular complexity index is 602. The average molecular weight is 265 g/mol. The molecule has 0 fully saturated rings. The Hall–Kier alpha value is -2.29. The highest BCUT2D eigenvalue weighted by molar-refractivity contribution is 5.97. The first-order chi connectivity index (χ1) is 9.79. The van der Waals surface area contributed by atoms with Crippen molar-refractivity contribution in [1.29, 1.82) is 0 Å². The topological polar surface area (TPSA) is 41.6 Å². The molecule has 0 bridgehead atoms. The fraction of sp³-hybridized carbons (Fsp3) is 0.235. The summed E-state index contributed by atoms with van der Waals surface area (Å²) in [5.41, 5.74) is 9.78. The molecule has 0 amide bonds. The van der Waals surface area contributed by atoms with Gasteiger partial charge >= 0.3 is 0 Å². The average Bonchev–Trinajstić information content (AvgIpc) is 2.90. The van der Waals surface area contributed by atoms with Gasteiger partial charge < -0.3 is 10.6 Å². The molecule has 1 aliphatic rings. The molecule has 0 aliphatic carbocycles. The van der Waals surface area contributed by atoms with Crippen LogP contribution in [0.15, 0.2) is 59.6 Å². The van der Waals surface area contributed by atoms with Gasteiger partial charge in [-0.2, -0.15) is 0 Å². The van der Waals surface area contributed by atoms with Gasteiger partial charge in [0.05, 0.1) is 12.6 Å². The van der Waals surface area contributed by atoms with Crippen LogP contribution in [0.2, 0.25) is 0 Å². The lowest BCUT2D eigenvalue weighted by Crippen LogP contribution is -2.36. The molecule has 0 spiro atoms. The van der Waals surface area contributed by atoms with E-state index in [-0.39, 0.29) is 6.04 Å². The van der Waals surface area contributed by atoms with E-state index in [1.165, 1.54) is 11.1 Å². The summed E-state index contributed by atoms with van der Waals surface area (Å²) in [7, 11) is 0. The Morgan fingerprint density at radius 1 is 1.10 bits per heavy atom. The van der Waals surface area contributed by atoms with E-state index in [1.807, 2.05) is 18.2 Å². The summed E-state index contributed by atoms with van der Waals surface area (Å²) in [5.74, 6) is 0.598. The summed E-state index contributed by atoms with van der Waals surface area (Å²) in [6.07, 6.45) is 1.06. The van der Waals surface area contributed by atoms with Crippen LogP contribution < -0.4 is 10.6 Å². The summed E-state index contributed by atoms with van der Waals surface area (Å²) < 4.78 is 0. The number of benzene rings is 2. The van der Waals surface area contributed by atoms with E-state index in [0.29, 0.717) is 12.5 Å². The summed E-state index contributed by atoms with van der Waals surface area (Å²) in [6, 6.07) is 19.2. The Kier molecular flexibility index (Phi) is 3.42. The van der Waals surface area contributed by atoms with Crippen molar-refractivity contribution in [3.05, 3.63) is 65.7 Å². The molecule has 1 heterocycles. The van der Waals surface area contributed by atoms with Crippen molar-refractivity contribution < 1.29 is 0 Å². The molecule has 0 aromatic heterocycles. The molecule has 1 aliphatic heterocycles. The maximum atomic E-state index is 6.07. The molecule has 1 unspecified atom stereocenters. The van der Waals surface area contributed by atoms with Crippen LogP contribution in [0.3, 0.4) is 0 Å². The highest BCUT2D eigenvalue weighted by Crippen LogP contribution is 2.30. The monoisotopic (exact) mass is 265 g/mol. The van der Waals surface area contributed by atoms with Gasteiger partial charge in [-0.05, 0) is 29.7 Å². The number of nitrogens with zero attached hydrogens (tertiary/aromatic N) is 2. The maximum Gasteiger partial charge on any atom is 0.196 e. The zero-order valence-corrected chi connectivity index (χ0v) is 11.7. The fourth-order valence-electron chi connectivity index (χ4n) is 2.63. The molecule has 2 aromatic rings. The van der Waals surface area contributed by atoms with Crippen molar-refractivity contribution in [2.24, 2.45) is 10.7 Å². The number of rotatable bonds is 3. The number of nitrogens with two attached hydrogens (primary N) is 1. The van der Waals surface area contributed by atoms with Crippen molar-refractivity contribution >= 4 is 11.6 Å². The second-order valence-corrected chi connectivity index (χ2v) is 5.02. The van der Waals surface area contributed by atoms with Crippen LogP contribution in [-0.4, -0.2) is 12.5 Å². The number of anilines is 1. The van der Waals surface area contributed by atoms with E-state index >= 15 is 0 Å². The number of aliphatic imine (C=N–C) groups is 1. The molecule has 2 N–H and O–H groups in total. The Labute approximate surface area is 119 Å². The van der Waals surface area contributed by atoms with Gasteiger partial charge in [0.25, 0.3) is 0 Å². The van der Waals surface area contributed by atoms with E-state index in [9.17, 15) is 0 Å². The molecule has 0 radical (unpaired) electrons. The maximum absolute atomic E-state index is 6.07. The van der Waals surface area contributed by atoms with Gasteiger partial charge in [-0.15, -0.1) is 0 Å². The van der Waals surface area contributed by atoms with Crippen LogP contribution in [0, 0.1) is 0 Å². The van der Waals surface area contributed by atoms with Crippen LogP contribution in [-0.2, 0) is 6.42 Å². The number of aryl methyl sites for hydroxylation is 1. The molecule has 0 saturated heterocycles. The molecular formula is C17H19N3. The van der Waals surface area contributed by atoms with E-state index in [2.05, 4.69) is 53.2 Å². The third-order valence-electron chi connectivity index (χ3n) is 3.79. The van der Waals surface area contributed by atoms with E-state index < -0.39 is 0 Å². The standard InChI is InChI=1S/C17H19N3/c1-2-13-8-10-14(11-9-13)16-12-19-17(18)20(16)15-6-4-3-5-7-15/h3-11,16H,2,12H2,1H3,(H2,18,19). The summed E-state index contributed by atoms with van der Waals surface area (Å²) in [5, 5.41) is 0. The minimum absolute atomic E-state index is 0.198. The van der Waals surface area contributed by atoms with Crippen molar-refractivity contribution in [1.82, 2.24) is 0 Å². The highest BCUT2D eigenvalue weighted by atomic mass is 15.3. The van der Waals surface area contributed by atoms with Gasteiger partial charge in [0.2, 0.25) is 0 Å². The first-order valence-corrected chi connectivity index (χ1v) is 7.02. The lowest BCUT2D eigenvalue weighted by atomic mass is 10.0. The van der Waals surface area contributed by atoms with Crippen LogP contribution in [0.5, 0.6) is 0 Å². The lowest BCUT2D eigenvalue weighted by molar-refractivity contribution is 0.768.